The van der Waals surface area contributed by atoms with Crippen LogP contribution in [0.4, 0.5) is 14.6 Å². The molecule has 0 amide bonds. The van der Waals surface area contributed by atoms with E-state index in [0.717, 1.165) is 12.1 Å². The van der Waals surface area contributed by atoms with E-state index in [1.54, 1.807) is 23.3 Å². The highest BCUT2D eigenvalue weighted by atomic mass is 32.2. The Morgan fingerprint density at radius 1 is 0.931 bits per heavy atom. The van der Waals surface area contributed by atoms with Crippen molar-refractivity contribution in [3.8, 4) is 5.82 Å². The number of aromatic nitrogens is 4. The van der Waals surface area contributed by atoms with Gasteiger partial charge in [-0.25, -0.2) is 22.2 Å². The number of nitrogens with zero attached hydrogens (tertiary/aromatic N) is 6. The summed E-state index contributed by atoms with van der Waals surface area (Å²) in [5, 5.41) is 8.37. The maximum absolute atomic E-state index is 13.3. The highest BCUT2D eigenvalue weighted by Gasteiger charge is 2.28. The zero-order chi connectivity index (χ0) is 20.4. The largest absolute Gasteiger partial charge is 0.352 e. The fourth-order valence-electron chi connectivity index (χ4n) is 3.21. The van der Waals surface area contributed by atoms with E-state index in [-0.39, 0.29) is 18.7 Å². The molecule has 0 radical (unpaired) electrons. The van der Waals surface area contributed by atoms with Gasteiger partial charge in [-0.3, -0.25) is 4.57 Å². The Morgan fingerprint density at radius 2 is 1.59 bits per heavy atom. The van der Waals surface area contributed by atoms with E-state index < -0.39 is 27.4 Å². The highest BCUT2D eigenvalue weighted by Crippen LogP contribution is 2.19. The first-order chi connectivity index (χ1) is 13.9. The Balaban J connectivity index is 1.39. The van der Waals surface area contributed by atoms with Crippen LogP contribution in [0.15, 0.2) is 49.1 Å². The summed E-state index contributed by atoms with van der Waals surface area (Å²) in [6.07, 6.45) is 5.03. The molecule has 4 rings (SSSR count). The van der Waals surface area contributed by atoms with Crippen molar-refractivity contribution in [1.82, 2.24) is 24.1 Å². The fraction of sp³-hybridized carbons (Fsp3) is 0.278. The molecule has 1 fully saturated rings. The summed E-state index contributed by atoms with van der Waals surface area (Å²) < 4.78 is 55.0. The Kier molecular flexibility index (Phi) is 5.24. The lowest BCUT2D eigenvalue weighted by Crippen LogP contribution is -2.49. The van der Waals surface area contributed by atoms with E-state index in [0.29, 0.717) is 30.8 Å². The number of sulfonamides is 1. The van der Waals surface area contributed by atoms with Crippen LogP contribution in [0.3, 0.4) is 0 Å². The molecular formula is C18H18F2N6O2S. The third-order valence-corrected chi connectivity index (χ3v) is 6.48. The van der Waals surface area contributed by atoms with Gasteiger partial charge in [0, 0.05) is 44.6 Å². The molecule has 1 aliphatic rings. The number of halogens is 2. The van der Waals surface area contributed by atoms with Crippen molar-refractivity contribution in [1.29, 1.82) is 0 Å². The van der Waals surface area contributed by atoms with E-state index in [1.807, 2.05) is 17.0 Å². The van der Waals surface area contributed by atoms with E-state index in [1.165, 1.54) is 4.31 Å². The molecule has 0 N–H and O–H groups in total. The molecule has 3 aromatic rings. The Morgan fingerprint density at radius 3 is 2.17 bits per heavy atom. The number of benzene rings is 1. The molecule has 0 saturated carbocycles. The van der Waals surface area contributed by atoms with Gasteiger partial charge in [0.15, 0.2) is 11.6 Å². The van der Waals surface area contributed by atoms with Gasteiger partial charge in [0.05, 0.1) is 5.75 Å². The number of anilines is 1. The van der Waals surface area contributed by atoms with Crippen LogP contribution in [-0.2, 0) is 15.8 Å². The second-order valence-corrected chi connectivity index (χ2v) is 8.61. The number of hydrogen-bond donors (Lipinski definition) is 0. The van der Waals surface area contributed by atoms with E-state index in [2.05, 4.69) is 15.2 Å². The van der Waals surface area contributed by atoms with Crippen LogP contribution in [0.5, 0.6) is 0 Å². The second-order valence-electron chi connectivity index (χ2n) is 6.64. The van der Waals surface area contributed by atoms with Gasteiger partial charge in [-0.1, -0.05) is 0 Å². The summed E-state index contributed by atoms with van der Waals surface area (Å²) in [5.41, 5.74) is 0.0888. The molecule has 0 aliphatic carbocycles. The van der Waals surface area contributed by atoms with Crippen LogP contribution >= 0.6 is 0 Å². The average Bonchev–Trinajstić information content (AvgIpc) is 3.22. The smallest absolute Gasteiger partial charge is 0.218 e. The zero-order valence-electron chi connectivity index (χ0n) is 15.3. The summed E-state index contributed by atoms with van der Waals surface area (Å²) >= 11 is 0. The molecule has 3 heterocycles. The molecular weight excluding hydrogens is 402 g/mol. The van der Waals surface area contributed by atoms with Crippen LogP contribution in [0.25, 0.3) is 5.82 Å². The minimum atomic E-state index is -3.68. The van der Waals surface area contributed by atoms with Crippen molar-refractivity contribution >= 4 is 15.8 Å². The molecule has 29 heavy (non-hydrogen) atoms. The van der Waals surface area contributed by atoms with Gasteiger partial charge >= 0.3 is 0 Å². The predicted molar refractivity (Wildman–Crippen MR) is 102 cm³/mol. The van der Waals surface area contributed by atoms with Crippen molar-refractivity contribution in [2.75, 3.05) is 31.1 Å². The Labute approximate surface area is 166 Å². The quantitative estimate of drug-likeness (QED) is 0.623. The molecule has 0 atom stereocenters. The summed E-state index contributed by atoms with van der Waals surface area (Å²) in [6.45, 7) is 1.39. The van der Waals surface area contributed by atoms with Crippen LogP contribution in [0.2, 0.25) is 0 Å². The maximum atomic E-state index is 13.3. The minimum Gasteiger partial charge on any atom is -0.352 e. The third-order valence-electron chi connectivity index (χ3n) is 4.63. The average molecular weight is 420 g/mol. The summed E-state index contributed by atoms with van der Waals surface area (Å²) in [5.74, 6) is -0.746. The van der Waals surface area contributed by atoms with Crippen molar-refractivity contribution in [3.63, 3.8) is 0 Å². The molecule has 1 aliphatic heterocycles. The van der Waals surface area contributed by atoms with Gasteiger partial charge in [-0.05, 0) is 29.8 Å². The first-order valence-electron chi connectivity index (χ1n) is 8.90. The fourth-order valence-corrected chi connectivity index (χ4v) is 4.70. The number of rotatable bonds is 5. The van der Waals surface area contributed by atoms with Gasteiger partial charge in [0.2, 0.25) is 10.0 Å². The Bertz CT molecular complexity index is 1060. The summed E-state index contributed by atoms with van der Waals surface area (Å²) in [6, 6.07) is 6.42. The van der Waals surface area contributed by atoms with Gasteiger partial charge in [0.25, 0.3) is 0 Å². The molecule has 8 nitrogen and oxygen atoms in total. The number of piperazine rings is 1. The predicted octanol–water partition coefficient (Wildman–Crippen LogP) is 1.59. The van der Waals surface area contributed by atoms with Crippen LogP contribution in [0, 0.1) is 11.6 Å². The normalized spacial score (nSPS) is 15.6. The van der Waals surface area contributed by atoms with Crippen LogP contribution < -0.4 is 4.90 Å². The van der Waals surface area contributed by atoms with Crippen molar-refractivity contribution in [3.05, 3.63) is 66.3 Å². The number of hydrogen-bond acceptors (Lipinski definition) is 6. The van der Waals surface area contributed by atoms with Crippen molar-refractivity contribution < 1.29 is 17.2 Å². The third kappa shape index (κ3) is 4.40. The lowest BCUT2D eigenvalue weighted by Gasteiger charge is -2.34. The SMILES string of the molecule is O=S(=O)(Cc1cc(F)cc(F)c1)N1CCN(c2ccc(-n3ccnc3)nn2)CC1. The zero-order valence-corrected chi connectivity index (χ0v) is 16.1. The lowest BCUT2D eigenvalue weighted by atomic mass is 10.2. The minimum absolute atomic E-state index is 0.0888. The summed E-state index contributed by atoms with van der Waals surface area (Å²) in [4.78, 5) is 5.91. The van der Waals surface area contributed by atoms with Crippen molar-refractivity contribution in [2.24, 2.45) is 0 Å². The molecule has 11 heteroatoms. The van der Waals surface area contributed by atoms with Gasteiger partial charge in [0.1, 0.15) is 18.0 Å². The van der Waals surface area contributed by atoms with Gasteiger partial charge in [-0.2, -0.15) is 4.31 Å². The van der Waals surface area contributed by atoms with Crippen molar-refractivity contribution in [2.45, 2.75) is 5.75 Å². The molecule has 1 saturated heterocycles. The molecule has 0 bridgehead atoms. The second kappa shape index (κ2) is 7.84. The standard InChI is InChI=1S/C18H18F2N6O2S/c19-15-9-14(10-16(20)11-15)12-29(27,28)26-7-5-24(6-8-26)17-1-2-18(23-22-17)25-4-3-21-13-25/h1-4,9-11,13H,5-8,12H2. The van der Waals surface area contributed by atoms with Crippen LogP contribution in [-0.4, -0.2) is 58.7 Å². The maximum Gasteiger partial charge on any atom is 0.218 e. The van der Waals surface area contributed by atoms with Crippen LogP contribution in [0.1, 0.15) is 5.56 Å². The monoisotopic (exact) mass is 420 g/mol. The van der Waals surface area contributed by atoms with Gasteiger partial charge < -0.3 is 4.90 Å². The first-order valence-corrected chi connectivity index (χ1v) is 10.5. The molecule has 2 aromatic heterocycles. The summed E-state index contributed by atoms with van der Waals surface area (Å²) in [7, 11) is -3.68. The Hall–Kier alpha value is -2.92. The molecule has 152 valence electrons. The molecule has 0 spiro atoms. The first kappa shape index (κ1) is 19.4. The highest BCUT2D eigenvalue weighted by molar-refractivity contribution is 7.88. The van der Waals surface area contributed by atoms with Gasteiger partial charge in [-0.15, -0.1) is 10.2 Å². The van der Waals surface area contributed by atoms with E-state index in [4.69, 9.17) is 0 Å². The lowest BCUT2D eigenvalue weighted by molar-refractivity contribution is 0.383. The molecule has 1 aromatic carbocycles. The molecule has 0 unspecified atom stereocenters. The van der Waals surface area contributed by atoms with E-state index >= 15 is 0 Å². The van der Waals surface area contributed by atoms with E-state index in [9.17, 15) is 17.2 Å². The number of imidazole rings is 1. The topological polar surface area (TPSA) is 84.2 Å².